The van der Waals surface area contributed by atoms with Crippen LogP contribution in [0.5, 0.6) is 0 Å². The summed E-state index contributed by atoms with van der Waals surface area (Å²) in [4.78, 5) is 16.6. The van der Waals surface area contributed by atoms with Crippen molar-refractivity contribution in [1.82, 2.24) is 24.6 Å². The van der Waals surface area contributed by atoms with Gasteiger partial charge in [0, 0.05) is 16.9 Å². The first kappa shape index (κ1) is 19.5. The summed E-state index contributed by atoms with van der Waals surface area (Å²) in [5.74, 6) is -0.299. The Morgan fingerprint density at radius 2 is 2.07 bits per heavy atom. The average molecular weight is 456 g/mol. The largest absolute Gasteiger partial charge is 0.360 e. The molecular formula is C16H18BrN5O4S. The number of pyridine rings is 1. The van der Waals surface area contributed by atoms with Gasteiger partial charge < -0.3 is 14.2 Å². The van der Waals surface area contributed by atoms with Crippen molar-refractivity contribution in [2.45, 2.75) is 38.3 Å². The van der Waals surface area contributed by atoms with Gasteiger partial charge in [-0.3, -0.25) is 4.79 Å². The lowest BCUT2D eigenvalue weighted by Gasteiger charge is -2.13. The van der Waals surface area contributed by atoms with Crippen LogP contribution in [0.15, 0.2) is 38.4 Å². The van der Waals surface area contributed by atoms with Gasteiger partial charge in [0.05, 0.1) is 18.3 Å². The Morgan fingerprint density at radius 1 is 1.33 bits per heavy atom. The predicted octanol–water partition coefficient (Wildman–Crippen LogP) is 1.68. The third-order valence-electron chi connectivity index (χ3n) is 3.87. The first-order valence-electron chi connectivity index (χ1n) is 8.03. The Hall–Kier alpha value is -2.24. The highest BCUT2D eigenvalue weighted by molar-refractivity contribution is 9.10. The zero-order chi connectivity index (χ0) is 19.8. The van der Waals surface area contributed by atoms with Crippen LogP contribution in [0.4, 0.5) is 0 Å². The minimum absolute atomic E-state index is 0.0481. The Labute approximate surface area is 164 Å². The molecule has 0 aliphatic rings. The number of carbonyl (C=O) groups is 1. The number of aromatic nitrogens is 3. The van der Waals surface area contributed by atoms with Crippen LogP contribution in [0.1, 0.15) is 24.1 Å². The molecule has 3 aromatic heterocycles. The summed E-state index contributed by atoms with van der Waals surface area (Å²) in [5.41, 5.74) is 1.64. The fourth-order valence-electron chi connectivity index (χ4n) is 2.64. The molecule has 0 bridgehead atoms. The molecule has 27 heavy (non-hydrogen) atoms. The maximum Gasteiger partial charge on any atom is 0.246 e. The van der Waals surface area contributed by atoms with E-state index in [0.717, 1.165) is 10.1 Å². The monoisotopic (exact) mass is 455 g/mol. The van der Waals surface area contributed by atoms with Gasteiger partial charge in [0.1, 0.15) is 16.2 Å². The summed E-state index contributed by atoms with van der Waals surface area (Å²) in [5, 5.41) is 6.31. The van der Waals surface area contributed by atoms with E-state index in [2.05, 4.69) is 36.1 Å². The molecule has 3 rings (SSSR count). The number of aryl methyl sites for hydroxylation is 2. The van der Waals surface area contributed by atoms with Crippen LogP contribution >= 0.6 is 15.9 Å². The van der Waals surface area contributed by atoms with E-state index in [0.29, 0.717) is 5.69 Å². The topological polar surface area (TPSA) is 119 Å². The number of amides is 1. The molecule has 0 saturated heterocycles. The van der Waals surface area contributed by atoms with Gasteiger partial charge in [-0.05, 0) is 48.8 Å². The molecule has 0 fully saturated rings. The van der Waals surface area contributed by atoms with Crippen molar-refractivity contribution in [3.63, 3.8) is 0 Å². The van der Waals surface area contributed by atoms with Crippen molar-refractivity contribution in [1.29, 1.82) is 0 Å². The second-order valence-corrected chi connectivity index (χ2v) is 8.63. The van der Waals surface area contributed by atoms with Crippen LogP contribution in [0.3, 0.4) is 0 Å². The van der Waals surface area contributed by atoms with E-state index in [1.54, 1.807) is 6.20 Å². The molecule has 0 spiro atoms. The minimum Gasteiger partial charge on any atom is -0.360 e. The number of nitrogens with one attached hydrogen (secondary N) is 2. The van der Waals surface area contributed by atoms with Gasteiger partial charge in [0.25, 0.3) is 0 Å². The molecule has 1 atom stereocenters. The zero-order valence-corrected chi connectivity index (χ0v) is 17.3. The molecule has 144 valence electrons. The third-order valence-corrected chi connectivity index (χ3v) is 6.12. The molecule has 3 heterocycles. The van der Waals surface area contributed by atoms with Gasteiger partial charge in [-0.1, -0.05) is 5.16 Å². The fourth-order valence-corrected chi connectivity index (χ4v) is 4.52. The van der Waals surface area contributed by atoms with Crippen LogP contribution in [0, 0.1) is 13.8 Å². The molecule has 0 aliphatic heterocycles. The minimum atomic E-state index is -3.92. The maximum atomic E-state index is 12.5. The van der Waals surface area contributed by atoms with Gasteiger partial charge in [0.2, 0.25) is 15.9 Å². The van der Waals surface area contributed by atoms with E-state index < -0.39 is 22.0 Å². The number of hydrogen-bond donors (Lipinski definition) is 2. The first-order valence-corrected chi connectivity index (χ1v) is 10.3. The second kappa shape index (κ2) is 7.41. The first-order chi connectivity index (χ1) is 12.7. The van der Waals surface area contributed by atoms with Crippen molar-refractivity contribution in [3.05, 3.63) is 46.1 Å². The molecular weight excluding hydrogens is 438 g/mol. The molecule has 0 aromatic carbocycles. The Balaban J connectivity index is 1.65. The lowest BCUT2D eigenvalue weighted by Crippen LogP contribution is -2.44. The molecule has 2 N–H and O–H groups in total. The van der Waals surface area contributed by atoms with Crippen molar-refractivity contribution < 1.29 is 17.7 Å². The van der Waals surface area contributed by atoms with E-state index >= 15 is 0 Å². The highest BCUT2D eigenvalue weighted by Gasteiger charge is 2.28. The molecule has 0 unspecified atom stereocenters. The highest BCUT2D eigenvalue weighted by Crippen LogP contribution is 2.19. The van der Waals surface area contributed by atoms with E-state index in [-0.39, 0.29) is 22.9 Å². The van der Waals surface area contributed by atoms with Gasteiger partial charge >= 0.3 is 0 Å². The van der Waals surface area contributed by atoms with Crippen LogP contribution in [0.2, 0.25) is 0 Å². The standard InChI is InChI=1S/C16H18BrN5O4S/c1-9-15(11(3)26-20-9)27(24,25)21-10(2)16(23)18-6-13-8-22-7-12(17)4-5-14(22)19-13/h4-5,7-8,10,21H,6H2,1-3H3,(H,18,23)/t10-/m0/s1. The molecule has 9 nitrogen and oxygen atoms in total. The van der Waals surface area contributed by atoms with Crippen LogP contribution in [-0.2, 0) is 21.4 Å². The third kappa shape index (κ3) is 4.20. The van der Waals surface area contributed by atoms with Crippen LogP contribution < -0.4 is 10.0 Å². The number of imidazole rings is 1. The van der Waals surface area contributed by atoms with Gasteiger partial charge in [-0.15, -0.1) is 0 Å². The molecule has 11 heteroatoms. The number of sulfonamides is 1. The number of nitrogens with zero attached hydrogens (tertiary/aromatic N) is 3. The molecule has 1 amide bonds. The molecule has 0 aliphatic carbocycles. The second-order valence-electron chi connectivity index (χ2n) is 6.06. The fraction of sp³-hybridized carbons (Fsp3) is 0.312. The molecule has 0 saturated carbocycles. The van der Waals surface area contributed by atoms with Crippen molar-refractivity contribution in [3.8, 4) is 0 Å². The van der Waals surface area contributed by atoms with Gasteiger partial charge in [-0.25, -0.2) is 13.4 Å². The SMILES string of the molecule is Cc1noc(C)c1S(=O)(=O)N[C@@H](C)C(=O)NCc1cn2cc(Br)ccc2n1. The number of fused-ring (bicyclic) bond motifs is 1. The van der Waals surface area contributed by atoms with Gasteiger partial charge in [0.15, 0.2) is 5.76 Å². The van der Waals surface area contributed by atoms with Crippen molar-refractivity contribution >= 4 is 37.5 Å². The number of carbonyl (C=O) groups excluding carboxylic acids is 1. The lowest BCUT2D eigenvalue weighted by atomic mass is 10.3. The van der Waals surface area contributed by atoms with E-state index in [1.165, 1.54) is 20.8 Å². The summed E-state index contributed by atoms with van der Waals surface area (Å²) >= 11 is 3.38. The predicted molar refractivity (Wildman–Crippen MR) is 100 cm³/mol. The lowest BCUT2D eigenvalue weighted by molar-refractivity contribution is -0.122. The summed E-state index contributed by atoms with van der Waals surface area (Å²) < 4.78 is 34.9. The van der Waals surface area contributed by atoms with Crippen molar-refractivity contribution in [2.24, 2.45) is 0 Å². The smallest absolute Gasteiger partial charge is 0.246 e. The normalized spacial score (nSPS) is 13.0. The van der Waals surface area contributed by atoms with Crippen molar-refractivity contribution in [2.75, 3.05) is 0 Å². The summed E-state index contributed by atoms with van der Waals surface area (Å²) in [6, 6.07) is 2.74. The number of hydrogen-bond acceptors (Lipinski definition) is 6. The quantitative estimate of drug-likeness (QED) is 0.583. The van der Waals surface area contributed by atoms with Crippen LogP contribution in [-0.4, -0.2) is 34.9 Å². The van der Waals surface area contributed by atoms with Crippen LogP contribution in [0.25, 0.3) is 5.65 Å². The number of rotatable bonds is 6. The summed E-state index contributed by atoms with van der Waals surface area (Å²) in [6.07, 6.45) is 3.65. The Morgan fingerprint density at radius 3 is 2.74 bits per heavy atom. The van der Waals surface area contributed by atoms with Gasteiger partial charge in [-0.2, -0.15) is 4.72 Å². The molecule has 3 aromatic rings. The summed E-state index contributed by atoms with van der Waals surface area (Å²) in [7, 11) is -3.92. The molecule has 0 radical (unpaired) electrons. The zero-order valence-electron chi connectivity index (χ0n) is 14.9. The maximum absolute atomic E-state index is 12.5. The summed E-state index contributed by atoms with van der Waals surface area (Å²) in [6.45, 7) is 4.67. The van der Waals surface area contributed by atoms with E-state index in [1.807, 2.05) is 22.7 Å². The Bertz CT molecular complexity index is 1090. The van der Waals surface area contributed by atoms with E-state index in [9.17, 15) is 13.2 Å². The Kier molecular flexibility index (Phi) is 5.36. The van der Waals surface area contributed by atoms with E-state index in [4.69, 9.17) is 4.52 Å². The highest BCUT2D eigenvalue weighted by atomic mass is 79.9. The average Bonchev–Trinajstić information content (AvgIpc) is 3.14. The number of halogens is 1.